The number of nitrogens with one attached hydrogen (secondary N) is 2. The van der Waals surface area contributed by atoms with Crippen LogP contribution in [-0.2, 0) is 22.6 Å². The van der Waals surface area contributed by atoms with Gasteiger partial charge in [0.1, 0.15) is 5.76 Å². The van der Waals surface area contributed by atoms with Gasteiger partial charge in [-0.2, -0.15) is 0 Å². The van der Waals surface area contributed by atoms with Crippen molar-refractivity contribution in [2.75, 3.05) is 6.54 Å². The fourth-order valence-corrected chi connectivity index (χ4v) is 2.12. The van der Waals surface area contributed by atoms with Gasteiger partial charge in [0.15, 0.2) is 0 Å². The van der Waals surface area contributed by atoms with Crippen LogP contribution in [0.25, 0.3) is 0 Å². The highest BCUT2D eigenvalue weighted by Gasteiger charge is 2.10. The third kappa shape index (κ3) is 6.14. The first-order valence-corrected chi connectivity index (χ1v) is 7.85. The lowest BCUT2D eigenvalue weighted by atomic mass is 10.1. The van der Waals surface area contributed by atoms with Gasteiger partial charge in [-0.3, -0.25) is 9.59 Å². The summed E-state index contributed by atoms with van der Waals surface area (Å²) in [6, 6.07) is 10.7. The van der Waals surface area contributed by atoms with Crippen molar-refractivity contribution in [1.29, 1.82) is 0 Å². The molecule has 0 aliphatic rings. The second-order valence-corrected chi connectivity index (χ2v) is 5.61. The average molecular weight is 344 g/mol. The second-order valence-electron chi connectivity index (χ2n) is 5.61. The summed E-state index contributed by atoms with van der Waals surface area (Å²) >= 11 is 0. The van der Waals surface area contributed by atoms with E-state index in [0.717, 1.165) is 11.1 Å². The fourth-order valence-electron chi connectivity index (χ4n) is 2.12. The van der Waals surface area contributed by atoms with E-state index < -0.39 is 5.97 Å². The number of benzene rings is 1. The van der Waals surface area contributed by atoms with Crippen molar-refractivity contribution in [2.24, 2.45) is 0 Å². The summed E-state index contributed by atoms with van der Waals surface area (Å²) in [6.45, 7) is 1.92. The largest absolute Gasteiger partial charge is 0.475 e. The van der Waals surface area contributed by atoms with E-state index in [9.17, 15) is 14.4 Å². The SMILES string of the molecule is Cc1ccc(CCC(=O)NCC(=O)NCc2ccc(C(=O)O)o2)cc1. The number of carbonyl (C=O) groups excluding carboxylic acids is 2. The van der Waals surface area contributed by atoms with Crippen molar-refractivity contribution in [3.8, 4) is 0 Å². The molecule has 1 heterocycles. The smallest absolute Gasteiger partial charge is 0.371 e. The Hall–Kier alpha value is -3.09. The first kappa shape index (κ1) is 18.3. The minimum Gasteiger partial charge on any atom is -0.475 e. The molecule has 2 amide bonds. The Morgan fingerprint density at radius 3 is 2.36 bits per heavy atom. The van der Waals surface area contributed by atoms with E-state index in [1.54, 1.807) is 0 Å². The zero-order valence-corrected chi connectivity index (χ0v) is 13.9. The molecular weight excluding hydrogens is 324 g/mol. The molecule has 3 N–H and O–H groups in total. The van der Waals surface area contributed by atoms with Gasteiger partial charge < -0.3 is 20.2 Å². The molecule has 0 fully saturated rings. The molecule has 25 heavy (non-hydrogen) atoms. The molecule has 1 aromatic carbocycles. The fraction of sp³-hybridized carbons (Fsp3) is 0.278. The van der Waals surface area contributed by atoms with Crippen LogP contribution < -0.4 is 10.6 Å². The summed E-state index contributed by atoms with van der Waals surface area (Å²) in [5.74, 6) is -1.61. The van der Waals surface area contributed by atoms with Gasteiger partial charge in [0.05, 0.1) is 13.1 Å². The monoisotopic (exact) mass is 344 g/mol. The molecule has 1 aromatic heterocycles. The molecular formula is C18H20N2O5. The van der Waals surface area contributed by atoms with Crippen LogP contribution in [0.15, 0.2) is 40.8 Å². The van der Waals surface area contributed by atoms with E-state index in [4.69, 9.17) is 9.52 Å². The van der Waals surface area contributed by atoms with Crippen molar-refractivity contribution in [2.45, 2.75) is 26.3 Å². The van der Waals surface area contributed by atoms with Crippen LogP contribution in [0.1, 0.15) is 33.9 Å². The molecule has 0 saturated carbocycles. The maximum Gasteiger partial charge on any atom is 0.371 e. The van der Waals surface area contributed by atoms with E-state index in [1.807, 2.05) is 31.2 Å². The summed E-state index contributed by atoms with van der Waals surface area (Å²) in [7, 11) is 0. The van der Waals surface area contributed by atoms with Crippen LogP contribution in [0.4, 0.5) is 0 Å². The predicted octanol–water partition coefficient (Wildman–Crippen LogP) is 1.65. The Kier molecular flexibility index (Phi) is 6.33. The minimum absolute atomic E-state index is 0.0609. The lowest BCUT2D eigenvalue weighted by Crippen LogP contribution is -2.36. The second kappa shape index (κ2) is 8.68. The molecule has 7 heteroatoms. The van der Waals surface area contributed by atoms with Crippen LogP contribution in [0.3, 0.4) is 0 Å². The van der Waals surface area contributed by atoms with Gasteiger partial charge in [-0.05, 0) is 31.0 Å². The Bertz CT molecular complexity index is 749. The van der Waals surface area contributed by atoms with Gasteiger partial charge in [0.25, 0.3) is 0 Å². The van der Waals surface area contributed by atoms with Crippen molar-refractivity contribution in [3.63, 3.8) is 0 Å². The van der Waals surface area contributed by atoms with E-state index in [1.165, 1.54) is 12.1 Å². The number of hydrogen-bond donors (Lipinski definition) is 3. The van der Waals surface area contributed by atoms with Gasteiger partial charge in [-0.1, -0.05) is 29.8 Å². The molecule has 0 atom stereocenters. The topological polar surface area (TPSA) is 109 Å². The number of rotatable bonds is 8. The number of carboxylic acid groups (broad SMARTS) is 1. The van der Waals surface area contributed by atoms with Crippen LogP contribution in [-0.4, -0.2) is 29.4 Å². The molecule has 2 aromatic rings. The lowest BCUT2D eigenvalue weighted by molar-refractivity contribution is -0.126. The highest BCUT2D eigenvalue weighted by atomic mass is 16.4. The first-order valence-electron chi connectivity index (χ1n) is 7.85. The molecule has 0 aliphatic heterocycles. The third-order valence-corrected chi connectivity index (χ3v) is 3.54. The Morgan fingerprint density at radius 1 is 1.00 bits per heavy atom. The Morgan fingerprint density at radius 2 is 1.72 bits per heavy atom. The average Bonchev–Trinajstić information content (AvgIpc) is 3.07. The maximum absolute atomic E-state index is 11.8. The van der Waals surface area contributed by atoms with Gasteiger partial charge in [0.2, 0.25) is 17.6 Å². The van der Waals surface area contributed by atoms with Gasteiger partial charge in [-0.15, -0.1) is 0 Å². The van der Waals surface area contributed by atoms with Gasteiger partial charge in [0, 0.05) is 6.42 Å². The number of amides is 2. The molecule has 0 bridgehead atoms. The molecule has 0 spiro atoms. The molecule has 2 rings (SSSR count). The van der Waals surface area contributed by atoms with Crippen LogP contribution in [0.2, 0.25) is 0 Å². The Balaban J connectivity index is 1.65. The standard InChI is InChI=1S/C18H20N2O5/c1-12-2-4-13(5-3-12)6-9-16(21)20-11-17(22)19-10-14-7-8-15(25-14)18(23)24/h2-5,7-8H,6,9-11H2,1H3,(H,19,22)(H,20,21)(H,23,24). The predicted molar refractivity (Wildman–Crippen MR) is 90.0 cm³/mol. The van der Waals surface area contributed by atoms with Gasteiger partial charge in [-0.25, -0.2) is 4.79 Å². The summed E-state index contributed by atoms with van der Waals surface area (Å²) in [4.78, 5) is 34.1. The molecule has 0 unspecified atom stereocenters. The van der Waals surface area contributed by atoms with Crippen LogP contribution >= 0.6 is 0 Å². The summed E-state index contributed by atoms with van der Waals surface area (Å²) in [5.41, 5.74) is 2.23. The maximum atomic E-state index is 11.8. The quantitative estimate of drug-likeness (QED) is 0.675. The Labute approximate surface area is 145 Å². The molecule has 0 aliphatic carbocycles. The minimum atomic E-state index is -1.17. The molecule has 0 radical (unpaired) electrons. The van der Waals surface area contributed by atoms with Crippen molar-refractivity contribution in [1.82, 2.24) is 10.6 Å². The van der Waals surface area contributed by atoms with Crippen molar-refractivity contribution < 1.29 is 23.9 Å². The van der Waals surface area contributed by atoms with Crippen LogP contribution in [0, 0.1) is 6.92 Å². The summed E-state index contributed by atoms with van der Waals surface area (Å²) in [5, 5.41) is 13.8. The lowest BCUT2D eigenvalue weighted by Gasteiger charge is -2.06. The van der Waals surface area contributed by atoms with E-state index in [-0.39, 0.29) is 30.7 Å². The van der Waals surface area contributed by atoms with Crippen molar-refractivity contribution >= 4 is 17.8 Å². The highest BCUT2D eigenvalue weighted by Crippen LogP contribution is 2.07. The summed E-state index contributed by atoms with van der Waals surface area (Å²) in [6.07, 6.45) is 0.911. The number of furan rings is 1. The normalized spacial score (nSPS) is 10.3. The highest BCUT2D eigenvalue weighted by molar-refractivity contribution is 5.85. The number of carbonyl (C=O) groups is 3. The summed E-state index contributed by atoms with van der Waals surface area (Å²) < 4.78 is 5.02. The van der Waals surface area contributed by atoms with Crippen molar-refractivity contribution in [3.05, 3.63) is 59.0 Å². The van der Waals surface area contributed by atoms with E-state index >= 15 is 0 Å². The first-order chi connectivity index (χ1) is 11.9. The zero-order valence-electron chi connectivity index (χ0n) is 13.9. The number of carboxylic acids is 1. The molecule has 7 nitrogen and oxygen atoms in total. The third-order valence-electron chi connectivity index (χ3n) is 3.54. The number of hydrogen-bond acceptors (Lipinski definition) is 4. The van der Waals surface area contributed by atoms with E-state index in [0.29, 0.717) is 18.6 Å². The number of aromatic carboxylic acids is 1. The molecule has 132 valence electrons. The number of aryl methyl sites for hydroxylation is 2. The van der Waals surface area contributed by atoms with E-state index in [2.05, 4.69) is 10.6 Å². The van der Waals surface area contributed by atoms with Gasteiger partial charge >= 0.3 is 5.97 Å². The van der Waals surface area contributed by atoms with Crippen LogP contribution in [0.5, 0.6) is 0 Å². The zero-order chi connectivity index (χ0) is 18.2. The molecule has 0 saturated heterocycles.